The van der Waals surface area contributed by atoms with Gasteiger partial charge in [0, 0.05) is 52.2 Å². The summed E-state index contributed by atoms with van der Waals surface area (Å²) in [4.78, 5) is 62.8. The third-order valence-electron chi connectivity index (χ3n) is 9.87. The van der Waals surface area contributed by atoms with Crippen molar-refractivity contribution in [1.82, 2.24) is 29.6 Å². The number of amides is 3. The Morgan fingerprint density at radius 3 is 2.48 bits per heavy atom. The molecule has 1 saturated heterocycles. The van der Waals surface area contributed by atoms with Crippen LogP contribution in [0.5, 0.6) is 5.75 Å². The molecule has 6 rings (SSSR count). The lowest BCUT2D eigenvalue weighted by Gasteiger charge is -2.47. The topological polar surface area (TPSA) is 148 Å². The molecular formula is C31H41FN6O6. The van der Waals surface area contributed by atoms with Crippen molar-refractivity contribution in [3.05, 3.63) is 57.0 Å². The Morgan fingerprint density at radius 1 is 1.14 bits per heavy atom. The van der Waals surface area contributed by atoms with Crippen LogP contribution in [0.4, 0.5) is 4.39 Å². The molecule has 2 bridgehead atoms. The summed E-state index contributed by atoms with van der Waals surface area (Å²) in [6, 6.07) is 4.44. The number of hydrogen-bond acceptors (Lipinski definition) is 8. The number of carbonyl (C=O) groups excluding carboxylic acids is 3. The minimum atomic E-state index is -1.18. The van der Waals surface area contributed by atoms with Crippen molar-refractivity contribution in [2.75, 3.05) is 40.8 Å². The number of likely N-dealkylation sites (tertiary alicyclic amines) is 1. The maximum Gasteiger partial charge on any atom is 0.312 e. The molecular weight excluding hydrogens is 571 g/mol. The van der Waals surface area contributed by atoms with Gasteiger partial charge in [-0.15, -0.1) is 0 Å². The molecule has 3 amide bonds. The van der Waals surface area contributed by atoms with Crippen molar-refractivity contribution in [1.29, 1.82) is 0 Å². The number of aromatic nitrogens is 2. The molecule has 1 aromatic heterocycles. The van der Waals surface area contributed by atoms with Crippen molar-refractivity contribution >= 4 is 17.7 Å². The average Bonchev–Trinajstić information content (AvgIpc) is 3.34. The van der Waals surface area contributed by atoms with Crippen LogP contribution in [0.1, 0.15) is 66.0 Å². The van der Waals surface area contributed by atoms with E-state index in [1.165, 1.54) is 47.6 Å². The Labute approximate surface area is 255 Å². The van der Waals surface area contributed by atoms with Gasteiger partial charge in [-0.05, 0) is 69.2 Å². The number of fused-ring (bicyclic) bond motifs is 2. The van der Waals surface area contributed by atoms with Gasteiger partial charge in [-0.3, -0.25) is 28.6 Å². The maximum atomic E-state index is 13.9. The highest BCUT2D eigenvalue weighted by molar-refractivity contribution is 6.34. The molecule has 1 aliphatic carbocycles. The molecule has 13 heteroatoms. The monoisotopic (exact) mass is 612 g/mol. The van der Waals surface area contributed by atoms with Crippen LogP contribution in [-0.4, -0.2) is 99.1 Å². The number of benzene rings is 1. The van der Waals surface area contributed by atoms with Crippen molar-refractivity contribution in [2.24, 2.45) is 5.41 Å². The van der Waals surface area contributed by atoms with Crippen LogP contribution in [0.3, 0.4) is 0 Å². The Kier molecular flexibility index (Phi) is 8.56. The number of aliphatic hydroxyl groups is 1. The second-order valence-corrected chi connectivity index (χ2v) is 12.8. The first-order valence-corrected chi connectivity index (χ1v) is 15.0. The summed E-state index contributed by atoms with van der Waals surface area (Å²) in [7, 11) is 4.49. The summed E-state index contributed by atoms with van der Waals surface area (Å²) in [5.41, 5.74) is -1.83. The van der Waals surface area contributed by atoms with E-state index < -0.39 is 45.7 Å². The minimum Gasteiger partial charge on any atom is -0.501 e. The highest BCUT2D eigenvalue weighted by atomic mass is 19.1. The lowest BCUT2D eigenvalue weighted by molar-refractivity contribution is -0.155. The number of aliphatic hydroxyl groups excluding tert-OH is 1. The summed E-state index contributed by atoms with van der Waals surface area (Å²) in [5.74, 6) is -3.32. The maximum absolute atomic E-state index is 13.9. The van der Waals surface area contributed by atoms with Crippen molar-refractivity contribution in [2.45, 2.75) is 70.1 Å². The van der Waals surface area contributed by atoms with Crippen molar-refractivity contribution < 1.29 is 29.0 Å². The zero-order chi connectivity index (χ0) is 32.0. The second-order valence-electron chi connectivity index (χ2n) is 12.8. The van der Waals surface area contributed by atoms with Gasteiger partial charge in [-0.2, -0.15) is 0 Å². The first kappa shape index (κ1) is 31.6. The van der Waals surface area contributed by atoms with E-state index in [0.717, 1.165) is 19.4 Å². The van der Waals surface area contributed by atoms with Gasteiger partial charge in [0.2, 0.25) is 5.75 Å². The summed E-state index contributed by atoms with van der Waals surface area (Å²) in [6.45, 7) is 3.30. The fraction of sp³-hybridized carbons (Fsp3) is 0.581. The van der Waals surface area contributed by atoms with Crippen LogP contribution < -0.4 is 10.9 Å². The highest BCUT2D eigenvalue weighted by Gasteiger charge is 2.55. The summed E-state index contributed by atoms with van der Waals surface area (Å²) in [6.07, 6.45) is 3.83. The number of halogens is 1. The van der Waals surface area contributed by atoms with E-state index in [-0.39, 0.29) is 37.4 Å². The molecule has 0 unspecified atom stereocenters. The fourth-order valence-electron chi connectivity index (χ4n) is 7.16. The summed E-state index contributed by atoms with van der Waals surface area (Å²) in [5, 5.41) is 23.6. The van der Waals surface area contributed by atoms with E-state index >= 15 is 0 Å². The third-order valence-corrected chi connectivity index (χ3v) is 9.87. The number of nitrogens with one attached hydrogen (secondary N) is 1. The predicted molar refractivity (Wildman–Crippen MR) is 158 cm³/mol. The molecule has 12 nitrogen and oxygen atoms in total. The lowest BCUT2D eigenvalue weighted by Crippen LogP contribution is -2.55. The zero-order valence-corrected chi connectivity index (χ0v) is 25.7. The molecule has 2 aromatic rings. The first-order chi connectivity index (χ1) is 20.8. The molecule has 2 fully saturated rings. The van der Waals surface area contributed by atoms with Crippen LogP contribution in [-0.2, 0) is 28.2 Å². The number of carbonyl (C=O) groups is 3. The van der Waals surface area contributed by atoms with E-state index in [2.05, 4.69) is 15.2 Å². The number of nitrogens with zero attached hydrogens (tertiary/aromatic N) is 5. The molecule has 238 valence electrons. The van der Waals surface area contributed by atoms with Crippen LogP contribution in [0.25, 0.3) is 0 Å². The molecule has 3 N–H and O–H groups in total. The lowest BCUT2D eigenvalue weighted by atomic mass is 9.67. The number of rotatable bonds is 7. The Balaban J connectivity index is 1.56. The van der Waals surface area contributed by atoms with Crippen LogP contribution in [0, 0.1) is 18.2 Å². The standard InChI is InChI=1S/C31H41FN6O6/c1-19-14-20(7-8-22(19)32)15-33-25(41)23-24(40)26(42)38-18-30(17-37-13-5-6-21(37)16-39)9-11-31(12-10-30,29(38)34-23)36(4)28(44)27(43)35(2)3/h7-8,14,21,39-40H,5-6,9-13,15-18H2,1-4H3,(H,33,41)/t21-,30?,31?/m1/s1. The highest BCUT2D eigenvalue weighted by Crippen LogP contribution is 2.52. The van der Waals surface area contributed by atoms with Gasteiger partial charge >= 0.3 is 11.8 Å². The molecule has 1 saturated carbocycles. The summed E-state index contributed by atoms with van der Waals surface area (Å²) >= 11 is 0. The third kappa shape index (κ3) is 5.47. The van der Waals surface area contributed by atoms with Gasteiger partial charge in [0.05, 0.1) is 6.61 Å². The van der Waals surface area contributed by atoms with E-state index in [9.17, 15) is 33.8 Å². The molecule has 44 heavy (non-hydrogen) atoms. The van der Waals surface area contributed by atoms with E-state index in [1.807, 2.05) is 0 Å². The first-order valence-electron chi connectivity index (χ1n) is 15.0. The van der Waals surface area contributed by atoms with Gasteiger partial charge in [-0.1, -0.05) is 12.1 Å². The van der Waals surface area contributed by atoms with E-state index in [0.29, 0.717) is 43.4 Å². The largest absolute Gasteiger partial charge is 0.501 e. The Bertz CT molecular complexity index is 1530. The molecule has 4 heterocycles. The molecule has 1 atom stereocenters. The van der Waals surface area contributed by atoms with Gasteiger partial charge in [0.15, 0.2) is 5.69 Å². The Morgan fingerprint density at radius 2 is 1.84 bits per heavy atom. The van der Waals surface area contributed by atoms with Crippen molar-refractivity contribution in [3.63, 3.8) is 0 Å². The normalized spacial score (nSPS) is 24.5. The second kappa shape index (κ2) is 11.9. The molecule has 3 aliphatic heterocycles. The van der Waals surface area contributed by atoms with Crippen molar-refractivity contribution in [3.8, 4) is 5.75 Å². The predicted octanol–water partition coefficient (Wildman–Crippen LogP) is 1.10. The van der Waals surface area contributed by atoms with Gasteiger partial charge < -0.3 is 25.3 Å². The SMILES string of the molecule is Cc1cc(CNC(=O)c2nc3n(c(=O)c2O)CC2(CN4CCC[C@@H]4CO)CCC3(N(C)C(=O)C(=O)N(C)C)CC2)ccc1F. The van der Waals surface area contributed by atoms with Crippen LogP contribution >= 0.6 is 0 Å². The van der Waals surface area contributed by atoms with Gasteiger partial charge in [0.25, 0.3) is 11.5 Å². The summed E-state index contributed by atoms with van der Waals surface area (Å²) < 4.78 is 15.1. The quantitative estimate of drug-likeness (QED) is 0.394. The van der Waals surface area contributed by atoms with Gasteiger partial charge in [0.1, 0.15) is 17.2 Å². The molecule has 0 radical (unpaired) electrons. The van der Waals surface area contributed by atoms with Crippen LogP contribution in [0.2, 0.25) is 0 Å². The molecule has 1 aromatic carbocycles. The molecule has 0 spiro atoms. The minimum absolute atomic E-state index is 0.00529. The number of aryl methyl sites for hydroxylation is 1. The number of likely N-dealkylation sites (N-methyl/N-ethyl adjacent to an activating group) is 2. The Hall–Kier alpha value is -3.84. The van der Waals surface area contributed by atoms with Gasteiger partial charge in [-0.25, -0.2) is 9.37 Å². The number of aromatic hydroxyl groups is 1. The fourth-order valence-corrected chi connectivity index (χ4v) is 7.16. The smallest absolute Gasteiger partial charge is 0.312 e. The number of hydrogen-bond donors (Lipinski definition) is 3. The van der Waals surface area contributed by atoms with Crippen LogP contribution in [0.15, 0.2) is 23.0 Å². The average molecular weight is 613 g/mol. The zero-order valence-electron chi connectivity index (χ0n) is 25.7. The molecule has 4 aliphatic rings. The van der Waals surface area contributed by atoms with E-state index in [1.54, 1.807) is 13.0 Å². The van der Waals surface area contributed by atoms with E-state index in [4.69, 9.17) is 0 Å².